The predicted octanol–water partition coefficient (Wildman–Crippen LogP) is 3.36. The fourth-order valence-electron chi connectivity index (χ4n) is 3.08. The average molecular weight is 304 g/mol. The minimum Gasteiger partial charge on any atom is -0.330 e. The van der Waals surface area contributed by atoms with Crippen molar-refractivity contribution in [2.75, 3.05) is 6.54 Å². The quantitative estimate of drug-likeness (QED) is 0.853. The maximum atomic E-state index is 12.8. The van der Waals surface area contributed by atoms with E-state index in [0.717, 1.165) is 19.4 Å². The number of hydrogen-bond donors (Lipinski definition) is 0. The molecule has 2 aromatic rings. The van der Waals surface area contributed by atoms with Gasteiger partial charge in [0.15, 0.2) is 0 Å². The first kappa shape index (κ1) is 14.1. The van der Waals surface area contributed by atoms with E-state index in [1.807, 2.05) is 17.0 Å². The lowest BCUT2D eigenvalue weighted by Crippen LogP contribution is -2.32. The lowest BCUT2D eigenvalue weighted by molar-refractivity contribution is 0.0724. The van der Waals surface area contributed by atoms with Crippen LogP contribution < -0.4 is 0 Å². The van der Waals surface area contributed by atoms with Crippen LogP contribution >= 0.6 is 11.6 Å². The normalized spacial score (nSPS) is 18.2. The average Bonchev–Trinajstić information content (AvgIpc) is 3.06. The Morgan fingerprint density at radius 2 is 2.14 bits per heavy atom. The lowest BCUT2D eigenvalue weighted by Gasteiger charge is -2.26. The van der Waals surface area contributed by atoms with Gasteiger partial charge in [0.1, 0.15) is 5.69 Å². The monoisotopic (exact) mass is 303 g/mol. The molecular weight excluding hydrogens is 286 g/mol. The van der Waals surface area contributed by atoms with Crippen molar-refractivity contribution in [2.24, 2.45) is 7.05 Å². The Bertz CT molecular complexity index is 660. The van der Waals surface area contributed by atoms with Crippen LogP contribution in [-0.2, 0) is 7.05 Å². The standard InChI is InChI=1S/C16H18ClN3O/c1-11-6-3-4-7-12(11)14-8-5-9-20(14)16(21)15-13(17)10-18-19(15)2/h3-4,6-7,10,14H,5,8-9H2,1-2H3/t14-/m1/s1. The van der Waals surface area contributed by atoms with Gasteiger partial charge in [0.05, 0.1) is 17.3 Å². The molecule has 1 aliphatic rings. The van der Waals surface area contributed by atoms with E-state index in [0.29, 0.717) is 10.7 Å². The summed E-state index contributed by atoms with van der Waals surface area (Å²) in [6.07, 6.45) is 3.53. The number of halogens is 1. The van der Waals surface area contributed by atoms with Crippen LogP contribution in [0.5, 0.6) is 0 Å². The summed E-state index contributed by atoms with van der Waals surface area (Å²) in [7, 11) is 1.75. The highest BCUT2D eigenvalue weighted by Gasteiger charge is 2.33. The van der Waals surface area contributed by atoms with Crippen molar-refractivity contribution >= 4 is 17.5 Å². The van der Waals surface area contributed by atoms with E-state index in [-0.39, 0.29) is 11.9 Å². The van der Waals surface area contributed by atoms with Crippen LogP contribution in [0.4, 0.5) is 0 Å². The number of amides is 1. The largest absolute Gasteiger partial charge is 0.330 e. The zero-order chi connectivity index (χ0) is 15.0. The molecule has 1 aromatic carbocycles. The molecule has 1 amide bonds. The number of likely N-dealkylation sites (tertiary alicyclic amines) is 1. The van der Waals surface area contributed by atoms with Gasteiger partial charge < -0.3 is 4.90 Å². The Morgan fingerprint density at radius 1 is 1.38 bits per heavy atom. The maximum absolute atomic E-state index is 12.8. The van der Waals surface area contributed by atoms with Gasteiger partial charge in [-0.05, 0) is 30.9 Å². The summed E-state index contributed by atoms with van der Waals surface area (Å²) in [5.41, 5.74) is 2.91. The van der Waals surface area contributed by atoms with Crippen LogP contribution in [0.25, 0.3) is 0 Å². The molecule has 21 heavy (non-hydrogen) atoms. The van der Waals surface area contributed by atoms with E-state index in [4.69, 9.17) is 11.6 Å². The van der Waals surface area contributed by atoms with Gasteiger partial charge in [0.25, 0.3) is 5.91 Å². The van der Waals surface area contributed by atoms with Crippen molar-refractivity contribution in [3.8, 4) is 0 Å². The second-order valence-corrected chi connectivity index (χ2v) is 5.89. The Kier molecular flexibility index (Phi) is 3.72. The summed E-state index contributed by atoms with van der Waals surface area (Å²) in [5.74, 6) is -0.0363. The van der Waals surface area contributed by atoms with Gasteiger partial charge in [-0.25, -0.2) is 0 Å². The van der Waals surface area contributed by atoms with E-state index < -0.39 is 0 Å². The van der Waals surface area contributed by atoms with Gasteiger partial charge in [0, 0.05) is 13.6 Å². The van der Waals surface area contributed by atoms with E-state index >= 15 is 0 Å². The molecule has 0 N–H and O–H groups in total. The second-order valence-electron chi connectivity index (χ2n) is 5.48. The minimum absolute atomic E-state index is 0.0363. The number of aryl methyl sites for hydroxylation is 2. The summed E-state index contributed by atoms with van der Waals surface area (Å²) < 4.78 is 1.55. The number of rotatable bonds is 2. The van der Waals surface area contributed by atoms with Gasteiger partial charge in [-0.1, -0.05) is 35.9 Å². The molecule has 0 spiro atoms. The topological polar surface area (TPSA) is 38.1 Å². The Hall–Kier alpha value is -1.81. The second kappa shape index (κ2) is 5.53. The highest BCUT2D eigenvalue weighted by atomic mass is 35.5. The maximum Gasteiger partial charge on any atom is 0.274 e. The summed E-state index contributed by atoms with van der Waals surface area (Å²) in [6.45, 7) is 2.85. The first-order valence-corrected chi connectivity index (χ1v) is 7.51. The number of carbonyl (C=O) groups excluding carboxylic acids is 1. The highest BCUT2D eigenvalue weighted by molar-refractivity contribution is 6.33. The number of nitrogens with zero attached hydrogens (tertiary/aromatic N) is 3. The summed E-state index contributed by atoms with van der Waals surface area (Å²) in [5, 5.41) is 4.48. The Balaban J connectivity index is 1.95. The summed E-state index contributed by atoms with van der Waals surface area (Å²) in [4.78, 5) is 14.7. The zero-order valence-corrected chi connectivity index (χ0v) is 13.0. The molecule has 0 unspecified atom stereocenters. The fraction of sp³-hybridized carbons (Fsp3) is 0.375. The molecule has 110 valence electrons. The highest BCUT2D eigenvalue weighted by Crippen LogP contribution is 2.35. The van der Waals surface area contributed by atoms with E-state index in [9.17, 15) is 4.79 Å². The van der Waals surface area contributed by atoms with Crippen molar-refractivity contribution in [3.05, 3.63) is 52.3 Å². The molecule has 4 nitrogen and oxygen atoms in total. The van der Waals surface area contributed by atoms with Crippen LogP contribution in [-0.4, -0.2) is 27.1 Å². The van der Waals surface area contributed by atoms with Gasteiger partial charge in [-0.3, -0.25) is 9.48 Å². The van der Waals surface area contributed by atoms with Crippen LogP contribution in [0.2, 0.25) is 5.02 Å². The van der Waals surface area contributed by atoms with E-state index in [1.54, 1.807) is 11.7 Å². The number of hydrogen-bond acceptors (Lipinski definition) is 2. The molecule has 5 heteroatoms. The molecule has 2 heterocycles. The number of aromatic nitrogens is 2. The predicted molar refractivity (Wildman–Crippen MR) is 82.4 cm³/mol. The van der Waals surface area contributed by atoms with Gasteiger partial charge in [0.2, 0.25) is 0 Å². The molecule has 3 rings (SSSR count). The van der Waals surface area contributed by atoms with Crippen LogP contribution in [0, 0.1) is 6.92 Å². The molecule has 0 saturated carbocycles. The van der Waals surface area contributed by atoms with Crippen molar-refractivity contribution < 1.29 is 4.79 Å². The molecule has 1 fully saturated rings. The van der Waals surface area contributed by atoms with Crippen LogP contribution in [0.3, 0.4) is 0 Å². The van der Waals surface area contributed by atoms with Gasteiger partial charge in [-0.15, -0.1) is 0 Å². The van der Waals surface area contributed by atoms with E-state index in [2.05, 4.69) is 24.2 Å². The van der Waals surface area contributed by atoms with Crippen molar-refractivity contribution in [2.45, 2.75) is 25.8 Å². The van der Waals surface area contributed by atoms with Crippen molar-refractivity contribution in [1.29, 1.82) is 0 Å². The van der Waals surface area contributed by atoms with Crippen molar-refractivity contribution in [1.82, 2.24) is 14.7 Å². The van der Waals surface area contributed by atoms with Crippen LogP contribution in [0.1, 0.15) is 40.5 Å². The van der Waals surface area contributed by atoms with Crippen molar-refractivity contribution in [3.63, 3.8) is 0 Å². The summed E-state index contributed by atoms with van der Waals surface area (Å²) in [6, 6.07) is 8.38. The molecule has 1 aliphatic heterocycles. The molecule has 1 saturated heterocycles. The molecule has 0 bridgehead atoms. The lowest BCUT2D eigenvalue weighted by atomic mass is 9.99. The van der Waals surface area contributed by atoms with Gasteiger partial charge in [-0.2, -0.15) is 5.10 Å². The number of carbonyl (C=O) groups is 1. The Labute approximate surface area is 129 Å². The molecule has 1 atom stereocenters. The fourth-order valence-corrected chi connectivity index (χ4v) is 3.33. The minimum atomic E-state index is -0.0363. The molecule has 0 radical (unpaired) electrons. The number of benzene rings is 1. The third kappa shape index (κ3) is 2.44. The van der Waals surface area contributed by atoms with Gasteiger partial charge >= 0.3 is 0 Å². The van der Waals surface area contributed by atoms with Crippen LogP contribution in [0.15, 0.2) is 30.5 Å². The molecule has 1 aromatic heterocycles. The SMILES string of the molecule is Cc1ccccc1[C@H]1CCCN1C(=O)c1c(Cl)cnn1C. The summed E-state index contributed by atoms with van der Waals surface area (Å²) >= 11 is 6.11. The zero-order valence-electron chi connectivity index (χ0n) is 12.2. The van der Waals surface area contributed by atoms with E-state index in [1.165, 1.54) is 17.3 Å². The Morgan fingerprint density at radius 3 is 2.81 bits per heavy atom. The molecule has 0 aliphatic carbocycles. The first-order chi connectivity index (χ1) is 10.1. The smallest absolute Gasteiger partial charge is 0.274 e. The third-order valence-corrected chi connectivity index (χ3v) is 4.43. The molecular formula is C16H18ClN3O. The third-order valence-electron chi connectivity index (χ3n) is 4.16. The first-order valence-electron chi connectivity index (χ1n) is 7.13.